The van der Waals surface area contributed by atoms with E-state index in [2.05, 4.69) is 52.0 Å². The van der Waals surface area contributed by atoms with Crippen molar-refractivity contribution in [2.45, 2.75) is 33.2 Å². The van der Waals surface area contributed by atoms with Crippen molar-refractivity contribution in [1.29, 1.82) is 0 Å². The molecule has 0 atom stereocenters. The average molecular weight is 262 g/mol. The van der Waals surface area contributed by atoms with Crippen molar-refractivity contribution < 1.29 is 0 Å². The molecule has 1 radical (unpaired) electrons. The molecule has 2 heteroatoms. The van der Waals surface area contributed by atoms with Crippen LogP contribution in [-0.2, 0) is 0 Å². The molecule has 1 aromatic carbocycles. The van der Waals surface area contributed by atoms with Crippen LogP contribution in [0.2, 0.25) is 5.54 Å². The van der Waals surface area contributed by atoms with E-state index in [1.54, 1.807) is 0 Å². The molecule has 0 saturated carbocycles. The summed E-state index contributed by atoms with van der Waals surface area (Å²) in [6.45, 7) is 8.89. The van der Waals surface area contributed by atoms with Gasteiger partial charge in [-0.1, -0.05) is 41.5 Å². The fraction of sp³-hybridized carbons (Fsp3) is 0.333. The van der Waals surface area contributed by atoms with Gasteiger partial charge >= 0.3 is 0 Å². The van der Waals surface area contributed by atoms with Crippen LogP contribution in [0.4, 0.5) is 0 Å². The third-order valence-electron chi connectivity index (χ3n) is 3.91. The van der Waals surface area contributed by atoms with Gasteiger partial charge in [-0.15, -0.1) is 0 Å². The lowest BCUT2D eigenvalue weighted by Gasteiger charge is -2.19. The smallest absolute Gasteiger partial charge is 0.162 e. The largest absolute Gasteiger partial charge is 0.211 e. The van der Waals surface area contributed by atoms with E-state index < -0.39 is 8.11 Å². The van der Waals surface area contributed by atoms with Crippen LogP contribution >= 0.6 is 11.1 Å². The molecular weight excluding hydrogens is 244 g/mol. The normalized spacial score (nSPS) is 17.5. The summed E-state index contributed by atoms with van der Waals surface area (Å²) >= 11 is 6.77. The molecule has 0 aliphatic heterocycles. The third-order valence-corrected chi connectivity index (χ3v) is 7.48. The number of benzene rings is 1. The van der Waals surface area contributed by atoms with E-state index in [9.17, 15) is 0 Å². The molecule has 0 bridgehead atoms. The Morgan fingerprint density at radius 1 is 0.882 bits per heavy atom. The predicted octanol–water partition coefficient (Wildman–Crippen LogP) is 4.18. The topological polar surface area (TPSA) is 0 Å². The fourth-order valence-corrected chi connectivity index (χ4v) is 5.89. The minimum Gasteiger partial charge on any atom is -0.162 e. The molecule has 0 amide bonds. The first-order valence-corrected chi connectivity index (χ1v) is 8.55. The fourth-order valence-electron chi connectivity index (χ4n) is 2.49. The number of halogens is 1. The lowest BCUT2D eigenvalue weighted by atomic mass is 10.1. The Balaban J connectivity index is 2.37. The van der Waals surface area contributed by atoms with E-state index in [-0.39, 0.29) is 0 Å². The Morgan fingerprint density at radius 2 is 1.35 bits per heavy atom. The molecule has 0 N–H and O–H groups in total. The first-order valence-electron chi connectivity index (χ1n) is 5.97. The average Bonchev–Trinajstić information content (AvgIpc) is 2.54. The maximum atomic E-state index is 6.77. The molecule has 89 valence electrons. The van der Waals surface area contributed by atoms with Gasteiger partial charge in [0, 0.05) is 5.54 Å². The number of allylic oxidation sites excluding steroid dienone is 4. The second kappa shape index (κ2) is 4.83. The van der Waals surface area contributed by atoms with Gasteiger partial charge in [0.2, 0.25) is 8.11 Å². The van der Waals surface area contributed by atoms with Crippen LogP contribution in [0.1, 0.15) is 27.7 Å². The van der Waals surface area contributed by atoms with E-state index in [0.29, 0.717) is 5.54 Å². The molecule has 1 aromatic rings. The van der Waals surface area contributed by atoms with E-state index >= 15 is 0 Å². The van der Waals surface area contributed by atoms with Crippen molar-refractivity contribution in [2.75, 3.05) is 0 Å². The molecule has 0 nitrogen and oxygen atoms in total. The highest BCUT2D eigenvalue weighted by molar-refractivity contribution is 7.15. The Morgan fingerprint density at radius 3 is 1.82 bits per heavy atom. The maximum Gasteiger partial charge on any atom is 0.211 e. The number of hydrogen-bond donors (Lipinski definition) is 0. The first-order chi connectivity index (χ1) is 8.04. The molecule has 0 saturated heterocycles. The van der Waals surface area contributed by atoms with Gasteiger partial charge in [-0.25, -0.2) is 0 Å². The van der Waals surface area contributed by atoms with Gasteiger partial charge in [0.05, 0.1) is 0 Å². The summed E-state index contributed by atoms with van der Waals surface area (Å²) in [5.41, 5.74) is 6.27. The highest BCUT2D eigenvalue weighted by Crippen LogP contribution is 2.43. The van der Waals surface area contributed by atoms with E-state index in [0.717, 1.165) is 0 Å². The molecular formula is C15H18ClSi. The van der Waals surface area contributed by atoms with Crippen LogP contribution in [0.15, 0.2) is 52.6 Å². The summed E-state index contributed by atoms with van der Waals surface area (Å²) in [7, 11) is -1.05. The van der Waals surface area contributed by atoms with E-state index in [1.807, 2.05) is 6.07 Å². The Labute approximate surface area is 110 Å². The molecule has 0 fully saturated rings. The van der Waals surface area contributed by atoms with Crippen LogP contribution in [0.3, 0.4) is 0 Å². The Kier molecular flexibility index (Phi) is 3.60. The zero-order valence-corrected chi connectivity index (χ0v) is 12.6. The minimum atomic E-state index is -1.05. The standard InChI is InChI=1S/C15H18ClSi/c1-10-11(2)13(4)15(12(10)3)17(16)14-8-6-5-7-9-14/h5-9,15H,1-4H3. The molecule has 1 aliphatic rings. The molecule has 0 spiro atoms. The Hall–Kier alpha value is -0.793. The molecule has 1 aliphatic carbocycles. The van der Waals surface area contributed by atoms with E-state index in [4.69, 9.17) is 11.1 Å². The van der Waals surface area contributed by atoms with Gasteiger partial charge in [0.25, 0.3) is 0 Å². The summed E-state index contributed by atoms with van der Waals surface area (Å²) < 4.78 is 0. The quantitative estimate of drug-likeness (QED) is 0.553. The number of rotatable bonds is 2. The van der Waals surface area contributed by atoms with E-state index in [1.165, 1.54) is 27.5 Å². The van der Waals surface area contributed by atoms with Crippen molar-refractivity contribution in [1.82, 2.24) is 0 Å². The molecule has 0 aromatic heterocycles. The number of hydrogen-bond acceptors (Lipinski definition) is 0. The maximum absolute atomic E-state index is 6.77. The predicted molar refractivity (Wildman–Crippen MR) is 78.2 cm³/mol. The van der Waals surface area contributed by atoms with Crippen molar-refractivity contribution in [3.8, 4) is 0 Å². The molecule has 2 rings (SSSR count). The van der Waals surface area contributed by atoms with Crippen molar-refractivity contribution in [2.24, 2.45) is 0 Å². The highest BCUT2D eigenvalue weighted by atomic mass is 35.6. The molecule has 0 heterocycles. The summed E-state index contributed by atoms with van der Waals surface area (Å²) in [4.78, 5) is 0. The van der Waals surface area contributed by atoms with Gasteiger partial charge in [-0.05, 0) is 44.0 Å². The van der Waals surface area contributed by atoms with Crippen LogP contribution in [0.25, 0.3) is 0 Å². The van der Waals surface area contributed by atoms with Crippen LogP contribution in [-0.4, -0.2) is 8.11 Å². The molecule has 0 unspecified atom stereocenters. The van der Waals surface area contributed by atoms with Gasteiger partial charge in [-0.3, -0.25) is 0 Å². The van der Waals surface area contributed by atoms with Gasteiger partial charge in [0.1, 0.15) is 0 Å². The first kappa shape index (κ1) is 12.7. The van der Waals surface area contributed by atoms with Crippen LogP contribution in [0, 0.1) is 0 Å². The van der Waals surface area contributed by atoms with Crippen molar-refractivity contribution >= 4 is 24.4 Å². The SMILES string of the molecule is CC1=C(C)C([Si](Cl)c2ccccc2)C(C)=C1C. The highest BCUT2D eigenvalue weighted by Gasteiger charge is 2.32. The van der Waals surface area contributed by atoms with Crippen molar-refractivity contribution in [3.05, 3.63) is 52.6 Å². The lowest BCUT2D eigenvalue weighted by molar-refractivity contribution is 1.11. The van der Waals surface area contributed by atoms with Gasteiger partial charge in [0.15, 0.2) is 0 Å². The van der Waals surface area contributed by atoms with Crippen molar-refractivity contribution in [3.63, 3.8) is 0 Å². The van der Waals surface area contributed by atoms with Crippen LogP contribution in [0.5, 0.6) is 0 Å². The summed E-state index contributed by atoms with van der Waals surface area (Å²) in [5.74, 6) is 0. The monoisotopic (exact) mass is 261 g/mol. The summed E-state index contributed by atoms with van der Waals surface area (Å²) in [6.07, 6.45) is 0. The van der Waals surface area contributed by atoms with Crippen LogP contribution < -0.4 is 5.19 Å². The second-order valence-corrected chi connectivity index (χ2v) is 7.84. The zero-order valence-electron chi connectivity index (χ0n) is 10.8. The van der Waals surface area contributed by atoms with Gasteiger partial charge < -0.3 is 0 Å². The summed E-state index contributed by atoms with van der Waals surface area (Å²) in [6, 6.07) is 10.5. The zero-order chi connectivity index (χ0) is 12.6. The molecule has 17 heavy (non-hydrogen) atoms. The third kappa shape index (κ3) is 2.14. The second-order valence-electron chi connectivity index (χ2n) is 4.76. The Bertz CT molecular complexity index is 461. The lowest BCUT2D eigenvalue weighted by Crippen LogP contribution is -2.30. The minimum absolute atomic E-state index is 0.462. The summed E-state index contributed by atoms with van der Waals surface area (Å²) in [5, 5.41) is 1.31. The van der Waals surface area contributed by atoms with Gasteiger partial charge in [-0.2, -0.15) is 11.1 Å².